The standard InChI is InChI=1S/C36H47N3O6/c1-35(2,3)45-34(43)38-36(4,5)20-11-16-32(41)37-30(25-26-17-18-27-12-7-8-14-29(27)24-26)33(42)39(6)21-19-28-13-9-10-15-31(28)44-23-22-40/h7-18,24,30,40H,19-23,25H2,1-6H3,(H,37,41)(H,38,43)/t30-/m1/s1. The van der Waals surface area contributed by atoms with Gasteiger partial charge in [0.15, 0.2) is 0 Å². The summed E-state index contributed by atoms with van der Waals surface area (Å²) in [5.74, 6) is 0.0478. The van der Waals surface area contributed by atoms with Crippen molar-refractivity contribution in [2.75, 3.05) is 26.8 Å². The van der Waals surface area contributed by atoms with Gasteiger partial charge >= 0.3 is 6.09 Å². The summed E-state index contributed by atoms with van der Waals surface area (Å²) in [6, 6.07) is 20.8. The number of hydrogen-bond acceptors (Lipinski definition) is 6. The molecule has 0 aromatic heterocycles. The van der Waals surface area contributed by atoms with Crippen LogP contribution in [0.15, 0.2) is 78.9 Å². The molecule has 3 aromatic carbocycles. The van der Waals surface area contributed by atoms with Gasteiger partial charge in [-0.3, -0.25) is 9.59 Å². The fourth-order valence-corrected chi connectivity index (χ4v) is 4.78. The van der Waals surface area contributed by atoms with Gasteiger partial charge in [-0.05, 0) is 81.5 Å². The largest absolute Gasteiger partial charge is 0.491 e. The maximum Gasteiger partial charge on any atom is 0.408 e. The van der Waals surface area contributed by atoms with E-state index in [2.05, 4.69) is 10.6 Å². The lowest BCUT2D eigenvalue weighted by molar-refractivity contribution is -0.134. The minimum Gasteiger partial charge on any atom is -0.491 e. The Morgan fingerprint density at radius 1 is 0.956 bits per heavy atom. The summed E-state index contributed by atoms with van der Waals surface area (Å²) < 4.78 is 11.0. The number of likely N-dealkylation sites (N-methyl/N-ethyl adjacent to an activating group) is 1. The molecule has 0 saturated heterocycles. The van der Waals surface area contributed by atoms with E-state index in [0.29, 0.717) is 31.6 Å². The predicted octanol–water partition coefficient (Wildman–Crippen LogP) is 5.19. The fraction of sp³-hybridized carbons (Fsp3) is 0.417. The van der Waals surface area contributed by atoms with Gasteiger partial charge in [0.1, 0.15) is 24.0 Å². The number of amides is 3. The van der Waals surface area contributed by atoms with Gasteiger partial charge in [0.05, 0.1) is 6.61 Å². The van der Waals surface area contributed by atoms with Crippen molar-refractivity contribution in [1.82, 2.24) is 15.5 Å². The molecule has 0 aliphatic rings. The molecule has 9 heteroatoms. The summed E-state index contributed by atoms with van der Waals surface area (Å²) in [6.07, 6.45) is 3.78. The van der Waals surface area contributed by atoms with Gasteiger partial charge in [-0.15, -0.1) is 0 Å². The first-order valence-electron chi connectivity index (χ1n) is 15.3. The highest BCUT2D eigenvalue weighted by atomic mass is 16.6. The molecule has 9 nitrogen and oxygen atoms in total. The average molecular weight is 618 g/mol. The molecule has 0 heterocycles. The molecule has 0 saturated carbocycles. The van der Waals surface area contributed by atoms with Crippen molar-refractivity contribution in [3.05, 3.63) is 90.0 Å². The first-order chi connectivity index (χ1) is 21.3. The first kappa shape index (κ1) is 35.1. The Labute approximate surface area is 266 Å². The fourth-order valence-electron chi connectivity index (χ4n) is 4.78. The van der Waals surface area contributed by atoms with Crippen molar-refractivity contribution < 1.29 is 29.0 Å². The minimum absolute atomic E-state index is 0.0882. The molecule has 0 aliphatic heterocycles. The van der Waals surface area contributed by atoms with Crippen LogP contribution in [-0.2, 0) is 27.2 Å². The Morgan fingerprint density at radius 2 is 1.64 bits per heavy atom. The summed E-state index contributed by atoms with van der Waals surface area (Å²) >= 11 is 0. The Morgan fingerprint density at radius 3 is 2.36 bits per heavy atom. The molecule has 45 heavy (non-hydrogen) atoms. The number of para-hydroxylation sites is 1. The minimum atomic E-state index is -0.804. The van der Waals surface area contributed by atoms with Crippen molar-refractivity contribution in [2.24, 2.45) is 0 Å². The van der Waals surface area contributed by atoms with Crippen molar-refractivity contribution >= 4 is 28.7 Å². The number of carbonyl (C=O) groups excluding carboxylic acids is 3. The lowest BCUT2D eigenvalue weighted by Crippen LogP contribution is -2.48. The van der Waals surface area contributed by atoms with Crippen LogP contribution in [0.1, 0.15) is 52.2 Å². The van der Waals surface area contributed by atoms with Crippen molar-refractivity contribution in [3.8, 4) is 5.75 Å². The number of ether oxygens (including phenoxy) is 2. The number of aliphatic hydroxyl groups is 1. The third-order valence-electron chi connectivity index (χ3n) is 7.02. The normalized spacial score (nSPS) is 12.5. The summed E-state index contributed by atoms with van der Waals surface area (Å²) in [5.41, 5.74) is 0.574. The molecular formula is C36H47N3O6. The van der Waals surface area contributed by atoms with Gasteiger partial charge in [-0.25, -0.2) is 4.79 Å². The summed E-state index contributed by atoms with van der Waals surface area (Å²) in [6.45, 7) is 9.57. The van der Waals surface area contributed by atoms with Gasteiger partial charge in [0, 0.05) is 25.6 Å². The molecular weight excluding hydrogens is 570 g/mol. The van der Waals surface area contributed by atoms with Crippen LogP contribution in [0.2, 0.25) is 0 Å². The number of fused-ring (bicyclic) bond motifs is 1. The van der Waals surface area contributed by atoms with Crippen LogP contribution < -0.4 is 15.4 Å². The van der Waals surface area contributed by atoms with Crippen LogP contribution in [0.3, 0.4) is 0 Å². The van der Waals surface area contributed by atoms with E-state index < -0.39 is 29.2 Å². The summed E-state index contributed by atoms with van der Waals surface area (Å²) in [7, 11) is 1.72. The average Bonchev–Trinajstić information content (AvgIpc) is 2.97. The second kappa shape index (κ2) is 16.1. The number of carbonyl (C=O) groups is 3. The van der Waals surface area contributed by atoms with E-state index in [1.165, 1.54) is 6.08 Å². The monoisotopic (exact) mass is 617 g/mol. The summed E-state index contributed by atoms with van der Waals surface area (Å²) in [5, 5.41) is 17.0. The second-order valence-electron chi connectivity index (χ2n) is 12.8. The SMILES string of the molecule is CN(CCc1ccccc1OCCO)C(=O)[C@@H](Cc1ccc2ccccc2c1)NC(=O)C=CCC(C)(C)NC(=O)OC(C)(C)C. The van der Waals surface area contributed by atoms with E-state index in [9.17, 15) is 14.4 Å². The number of aliphatic hydroxyl groups excluding tert-OH is 1. The Bertz CT molecular complexity index is 1480. The van der Waals surface area contributed by atoms with Crippen LogP contribution in [-0.4, -0.2) is 71.9 Å². The highest BCUT2D eigenvalue weighted by Gasteiger charge is 2.26. The third-order valence-corrected chi connectivity index (χ3v) is 7.02. The quantitative estimate of drug-likeness (QED) is 0.215. The molecule has 3 aromatic rings. The number of benzene rings is 3. The molecule has 0 aliphatic carbocycles. The smallest absolute Gasteiger partial charge is 0.408 e. The van der Waals surface area contributed by atoms with Gasteiger partial charge in [0.25, 0.3) is 0 Å². The number of nitrogens with one attached hydrogen (secondary N) is 2. The van der Waals surface area contributed by atoms with E-state index in [4.69, 9.17) is 14.6 Å². The maximum atomic E-state index is 13.8. The van der Waals surface area contributed by atoms with E-state index >= 15 is 0 Å². The van der Waals surface area contributed by atoms with Gasteiger partial charge < -0.3 is 30.1 Å². The van der Waals surface area contributed by atoms with Crippen LogP contribution >= 0.6 is 0 Å². The molecule has 0 fully saturated rings. The highest BCUT2D eigenvalue weighted by molar-refractivity contribution is 5.93. The highest BCUT2D eigenvalue weighted by Crippen LogP contribution is 2.20. The van der Waals surface area contributed by atoms with Crippen LogP contribution in [0.4, 0.5) is 4.79 Å². The van der Waals surface area contributed by atoms with Crippen LogP contribution in [0.5, 0.6) is 5.75 Å². The molecule has 3 N–H and O–H groups in total. The van der Waals surface area contributed by atoms with E-state index in [0.717, 1.165) is 21.9 Å². The zero-order chi connectivity index (χ0) is 33.0. The van der Waals surface area contributed by atoms with E-state index in [1.54, 1.807) is 38.8 Å². The molecule has 0 radical (unpaired) electrons. The van der Waals surface area contributed by atoms with Gasteiger partial charge in [-0.1, -0.05) is 66.7 Å². The van der Waals surface area contributed by atoms with Crippen molar-refractivity contribution in [1.29, 1.82) is 0 Å². The Balaban J connectivity index is 1.71. The zero-order valence-corrected chi connectivity index (χ0v) is 27.3. The predicted molar refractivity (Wildman–Crippen MR) is 177 cm³/mol. The molecule has 0 bridgehead atoms. The molecule has 242 valence electrons. The molecule has 1 atom stereocenters. The summed E-state index contributed by atoms with van der Waals surface area (Å²) in [4.78, 5) is 40.7. The Kier molecular flexibility index (Phi) is 12.6. The number of alkyl carbamates (subject to hydrolysis) is 1. The number of rotatable bonds is 14. The zero-order valence-electron chi connectivity index (χ0n) is 27.3. The van der Waals surface area contributed by atoms with Crippen LogP contribution in [0, 0.1) is 0 Å². The lowest BCUT2D eigenvalue weighted by Gasteiger charge is -2.27. The van der Waals surface area contributed by atoms with E-state index in [-0.39, 0.29) is 19.1 Å². The van der Waals surface area contributed by atoms with Gasteiger partial charge in [0.2, 0.25) is 11.8 Å². The van der Waals surface area contributed by atoms with Gasteiger partial charge in [-0.2, -0.15) is 0 Å². The third kappa shape index (κ3) is 11.9. The van der Waals surface area contributed by atoms with Crippen LogP contribution in [0.25, 0.3) is 10.8 Å². The molecule has 3 rings (SSSR count). The molecule has 0 spiro atoms. The van der Waals surface area contributed by atoms with Crippen molar-refractivity contribution in [3.63, 3.8) is 0 Å². The molecule has 3 amide bonds. The number of hydrogen-bond donors (Lipinski definition) is 3. The lowest BCUT2D eigenvalue weighted by atomic mass is 10.00. The van der Waals surface area contributed by atoms with E-state index in [1.807, 2.05) is 80.6 Å². The molecule has 0 unspecified atom stereocenters. The first-order valence-corrected chi connectivity index (χ1v) is 15.3. The number of nitrogens with zero attached hydrogens (tertiary/aromatic N) is 1. The maximum absolute atomic E-state index is 13.8. The Hall–Kier alpha value is -4.37. The second-order valence-corrected chi connectivity index (χ2v) is 12.8. The van der Waals surface area contributed by atoms with Crippen molar-refractivity contribution in [2.45, 2.75) is 71.1 Å². The topological polar surface area (TPSA) is 117 Å².